The van der Waals surface area contributed by atoms with E-state index in [4.69, 9.17) is 0 Å². The number of nitrogens with zero attached hydrogens (tertiary/aromatic N) is 1. The van der Waals surface area contributed by atoms with E-state index in [2.05, 4.69) is 30.4 Å². The Labute approximate surface area is 115 Å². The first kappa shape index (κ1) is 12.5. The summed E-state index contributed by atoms with van der Waals surface area (Å²) in [5.74, 6) is 0.908. The fraction of sp³-hybridized carbons (Fsp3) is 0.562. The van der Waals surface area contributed by atoms with Crippen LogP contribution in [0.5, 0.6) is 0 Å². The predicted molar refractivity (Wildman–Crippen MR) is 78.6 cm³/mol. The minimum Gasteiger partial charge on any atom is -0.382 e. The van der Waals surface area contributed by atoms with Gasteiger partial charge in [-0.3, -0.25) is 4.79 Å². The number of hydrogen-bond acceptors (Lipinski definition) is 2. The molecule has 19 heavy (non-hydrogen) atoms. The molecule has 1 fully saturated rings. The summed E-state index contributed by atoms with van der Waals surface area (Å²) >= 11 is 0. The Balaban J connectivity index is 1.77. The summed E-state index contributed by atoms with van der Waals surface area (Å²) in [6, 6.07) is 7.04. The van der Waals surface area contributed by atoms with E-state index in [-0.39, 0.29) is 5.91 Å². The molecule has 1 amide bonds. The number of carbonyl (C=O) groups is 1. The first-order valence-electron chi connectivity index (χ1n) is 7.33. The van der Waals surface area contributed by atoms with Crippen LogP contribution in [0.4, 0.5) is 11.4 Å². The van der Waals surface area contributed by atoms with E-state index in [0.29, 0.717) is 6.04 Å². The van der Waals surface area contributed by atoms with E-state index in [9.17, 15) is 4.79 Å². The zero-order valence-corrected chi connectivity index (χ0v) is 11.8. The van der Waals surface area contributed by atoms with Gasteiger partial charge in [0.05, 0.1) is 0 Å². The molecular weight excluding hydrogens is 236 g/mol. The van der Waals surface area contributed by atoms with Gasteiger partial charge in [0.1, 0.15) is 0 Å². The molecule has 0 spiro atoms. The molecule has 1 N–H and O–H groups in total. The average Bonchev–Trinajstić information content (AvgIpc) is 2.96. The lowest BCUT2D eigenvalue weighted by atomic mass is 10.1. The molecule has 3 nitrogen and oxygen atoms in total. The van der Waals surface area contributed by atoms with E-state index in [1.807, 2.05) is 4.90 Å². The Morgan fingerprint density at radius 2 is 2.21 bits per heavy atom. The zero-order valence-electron chi connectivity index (χ0n) is 11.8. The number of anilines is 2. The molecule has 1 aromatic rings. The topological polar surface area (TPSA) is 32.3 Å². The second-order valence-electron chi connectivity index (χ2n) is 5.92. The molecule has 1 aliphatic carbocycles. The van der Waals surface area contributed by atoms with Crippen molar-refractivity contribution in [3.05, 3.63) is 23.8 Å². The molecule has 2 atom stereocenters. The highest BCUT2D eigenvalue weighted by Crippen LogP contribution is 2.33. The van der Waals surface area contributed by atoms with Crippen LogP contribution < -0.4 is 10.2 Å². The van der Waals surface area contributed by atoms with Gasteiger partial charge in [-0.25, -0.2) is 0 Å². The van der Waals surface area contributed by atoms with Crippen molar-refractivity contribution in [3.63, 3.8) is 0 Å². The number of amides is 1. The van der Waals surface area contributed by atoms with Crippen molar-refractivity contribution in [2.45, 2.75) is 45.6 Å². The second-order valence-corrected chi connectivity index (χ2v) is 5.92. The average molecular weight is 258 g/mol. The van der Waals surface area contributed by atoms with Crippen molar-refractivity contribution in [1.29, 1.82) is 0 Å². The van der Waals surface area contributed by atoms with Crippen LogP contribution in [-0.2, 0) is 11.2 Å². The van der Waals surface area contributed by atoms with Crippen LogP contribution in [0.25, 0.3) is 0 Å². The normalized spacial score (nSPS) is 25.5. The number of benzene rings is 1. The van der Waals surface area contributed by atoms with Crippen LogP contribution in [0.3, 0.4) is 0 Å². The first-order valence-corrected chi connectivity index (χ1v) is 7.33. The molecule has 102 valence electrons. The largest absolute Gasteiger partial charge is 0.382 e. The lowest BCUT2D eigenvalue weighted by Gasteiger charge is -2.20. The van der Waals surface area contributed by atoms with Gasteiger partial charge in [0.2, 0.25) is 5.91 Å². The van der Waals surface area contributed by atoms with Crippen LogP contribution >= 0.6 is 0 Å². The van der Waals surface area contributed by atoms with Gasteiger partial charge in [-0.05, 0) is 48.9 Å². The van der Waals surface area contributed by atoms with Crippen LogP contribution in [0.1, 0.15) is 38.7 Å². The van der Waals surface area contributed by atoms with Crippen molar-refractivity contribution in [2.24, 2.45) is 5.92 Å². The highest BCUT2D eigenvalue weighted by molar-refractivity contribution is 5.94. The van der Waals surface area contributed by atoms with Gasteiger partial charge in [-0.1, -0.05) is 13.3 Å². The van der Waals surface area contributed by atoms with Crippen molar-refractivity contribution in [3.8, 4) is 0 Å². The van der Waals surface area contributed by atoms with Crippen molar-refractivity contribution in [1.82, 2.24) is 0 Å². The zero-order chi connectivity index (χ0) is 13.4. The van der Waals surface area contributed by atoms with Crippen LogP contribution in [0.2, 0.25) is 0 Å². The highest BCUT2D eigenvalue weighted by atomic mass is 16.2. The van der Waals surface area contributed by atoms with Gasteiger partial charge in [-0.2, -0.15) is 0 Å². The van der Waals surface area contributed by atoms with Gasteiger partial charge in [0, 0.05) is 30.9 Å². The van der Waals surface area contributed by atoms with Gasteiger partial charge in [-0.15, -0.1) is 0 Å². The number of rotatable bonds is 2. The maximum absolute atomic E-state index is 11.5. The molecule has 2 unspecified atom stereocenters. The fourth-order valence-electron chi connectivity index (χ4n) is 3.39. The maximum atomic E-state index is 11.5. The standard InChI is InChI=1S/C16H22N2O/c1-11-4-3-5-15(11)17-14-6-7-16-13(10-14)8-9-18(16)12(2)19/h6-7,10-11,15,17H,3-5,8-9H2,1-2H3. The molecular formula is C16H22N2O. The summed E-state index contributed by atoms with van der Waals surface area (Å²) < 4.78 is 0. The summed E-state index contributed by atoms with van der Waals surface area (Å²) in [5.41, 5.74) is 3.60. The van der Waals surface area contributed by atoms with Crippen molar-refractivity contribution >= 4 is 17.3 Å². The highest BCUT2D eigenvalue weighted by Gasteiger charge is 2.25. The minimum atomic E-state index is 0.142. The molecule has 3 rings (SSSR count). The molecule has 1 heterocycles. The summed E-state index contributed by atoms with van der Waals surface area (Å²) in [6.07, 6.45) is 4.92. The molecule has 1 aliphatic heterocycles. The van der Waals surface area contributed by atoms with E-state index in [1.165, 1.54) is 30.5 Å². The van der Waals surface area contributed by atoms with Gasteiger partial charge < -0.3 is 10.2 Å². The number of hydrogen-bond donors (Lipinski definition) is 1. The minimum absolute atomic E-state index is 0.142. The van der Waals surface area contributed by atoms with E-state index < -0.39 is 0 Å². The lowest BCUT2D eigenvalue weighted by Crippen LogP contribution is -2.25. The van der Waals surface area contributed by atoms with E-state index >= 15 is 0 Å². The van der Waals surface area contributed by atoms with Gasteiger partial charge in [0.25, 0.3) is 0 Å². The maximum Gasteiger partial charge on any atom is 0.223 e. The predicted octanol–water partition coefficient (Wildman–Crippen LogP) is 3.20. The van der Waals surface area contributed by atoms with E-state index in [0.717, 1.165) is 24.6 Å². The first-order chi connectivity index (χ1) is 9.15. The van der Waals surface area contributed by atoms with Crippen molar-refractivity contribution in [2.75, 3.05) is 16.8 Å². The summed E-state index contributed by atoms with van der Waals surface area (Å²) in [6.45, 7) is 4.80. The Bertz CT molecular complexity index is 498. The molecule has 0 bridgehead atoms. The van der Waals surface area contributed by atoms with E-state index in [1.54, 1.807) is 6.92 Å². The SMILES string of the molecule is CC(=O)N1CCc2cc(NC3CCCC3C)ccc21. The molecule has 0 aromatic heterocycles. The third kappa shape index (κ3) is 2.34. The third-order valence-corrected chi connectivity index (χ3v) is 4.57. The molecule has 0 radical (unpaired) electrons. The number of fused-ring (bicyclic) bond motifs is 1. The molecule has 0 saturated heterocycles. The number of carbonyl (C=O) groups excluding carboxylic acids is 1. The van der Waals surface area contributed by atoms with Gasteiger partial charge in [0.15, 0.2) is 0 Å². The Kier molecular flexibility index (Phi) is 3.21. The lowest BCUT2D eigenvalue weighted by molar-refractivity contribution is -0.116. The van der Waals surface area contributed by atoms with Gasteiger partial charge >= 0.3 is 0 Å². The smallest absolute Gasteiger partial charge is 0.223 e. The number of nitrogens with one attached hydrogen (secondary N) is 1. The molecule has 3 heteroatoms. The monoisotopic (exact) mass is 258 g/mol. The van der Waals surface area contributed by atoms with Crippen LogP contribution in [-0.4, -0.2) is 18.5 Å². The Morgan fingerprint density at radius 1 is 1.37 bits per heavy atom. The summed E-state index contributed by atoms with van der Waals surface area (Å²) in [4.78, 5) is 13.4. The third-order valence-electron chi connectivity index (χ3n) is 4.57. The summed E-state index contributed by atoms with van der Waals surface area (Å²) in [5, 5.41) is 3.66. The molecule has 1 aromatic carbocycles. The Hall–Kier alpha value is -1.51. The molecule has 1 saturated carbocycles. The Morgan fingerprint density at radius 3 is 2.89 bits per heavy atom. The summed E-state index contributed by atoms with van der Waals surface area (Å²) in [7, 11) is 0. The quantitative estimate of drug-likeness (QED) is 0.883. The van der Waals surface area contributed by atoms with Crippen LogP contribution in [0.15, 0.2) is 18.2 Å². The molecule has 2 aliphatic rings. The van der Waals surface area contributed by atoms with Crippen molar-refractivity contribution < 1.29 is 4.79 Å². The fourth-order valence-corrected chi connectivity index (χ4v) is 3.39. The van der Waals surface area contributed by atoms with Crippen LogP contribution in [0, 0.1) is 5.92 Å². The second kappa shape index (κ2) is 4.87.